The monoisotopic (exact) mass is 240 g/mol. The van der Waals surface area contributed by atoms with Crippen LogP contribution >= 0.6 is 0 Å². The molecular formula is C13H24N2O2. The number of ether oxygens (including phenoxy) is 1. The third-order valence-corrected chi connectivity index (χ3v) is 3.84. The van der Waals surface area contributed by atoms with Gasteiger partial charge < -0.3 is 15.4 Å². The number of hydrogen-bond acceptors (Lipinski definition) is 3. The van der Waals surface area contributed by atoms with Crippen molar-refractivity contribution in [3.8, 4) is 0 Å². The molecule has 1 saturated carbocycles. The van der Waals surface area contributed by atoms with E-state index in [1.54, 1.807) is 0 Å². The van der Waals surface area contributed by atoms with E-state index >= 15 is 0 Å². The molecule has 2 aliphatic heterocycles. The largest absolute Gasteiger partial charge is 0.444 e. The average molecular weight is 240 g/mol. The van der Waals surface area contributed by atoms with Crippen LogP contribution in [0.2, 0.25) is 0 Å². The van der Waals surface area contributed by atoms with Gasteiger partial charge in [0.15, 0.2) is 0 Å². The summed E-state index contributed by atoms with van der Waals surface area (Å²) >= 11 is 0. The van der Waals surface area contributed by atoms with Crippen LogP contribution in [0.3, 0.4) is 0 Å². The van der Waals surface area contributed by atoms with Crippen molar-refractivity contribution in [3.63, 3.8) is 0 Å². The topological polar surface area (TPSA) is 55.6 Å². The first-order valence-corrected chi connectivity index (χ1v) is 6.60. The van der Waals surface area contributed by atoms with Crippen LogP contribution in [0.25, 0.3) is 0 Å². The van der Waals surface area contributed by atoms with E-state index in [1.165, 1.54) is 12.8 Å². The molecular weight excluding hydrogens is 216 g/mol. The lowest BCUT2D eigenvalue weighted by Crippen LogP contribution is -2.57. The normalized spacial score (nSPS) is 32.7. The maximum absolute atomic E-state index is 12.1. The van der Waals surface area contributed by atoms with E-state index in [0.29, 0.717) is 24.4 Å². The number of hydrogen-bond donors (Lipinski definition) is 1. The summed E-state index contributed by atoms with van der Waals surface area (Å²) in [4.78, 5) is 14.0. The number of nitrogens with zero attached hydrogens (tertiary/aromatic N) is 1. The first-order chi connectivity index (χ1) is 7.90. The number of fused-ring (bicyclic) bond motifs is 3. The minimum absolute atomic E-state index is 0.162. The molecule has 3 atom stereocenters. The van der Waals surface area contributed by atoms with Crippen molar-refractivity contribution >= 4 is 6.09 Å². The molecule has 0 spiro atoms. The van der Waals surface area contributed by atoms with Crippen LogP contribution in [0.1, 0.15) is 40.0 Å². The summed E-state index contributed by atoms with van der Waals surface area (Å²) in [5.41, 5.74) is 5.39. The fraction of sp³-hybridized carbons (Fsp3) is 0.923. The van der Waals surface area contributed by atoms with Gasteiger partial charge in [0.1, 0.15) is 5.60 Å². The molecule has 0 aromatic heterocycles. The Morgan fingerprint density at radius 3 is 2.65 bits per heavy atom. The molecule has 17 heavy (non-hydrogen) atoms. The molecule has 2 saturated heterocycles. The lowest BCUT2D eigenvalue weighted by atomic mass is 9.73. The molecule has 2 bridgehead atoms. The summed E-state index contributed by atoms with van der Waals surface area (Å²) in [5.74, 6) is 1.09. The molecule has 0 radical (unpaired) electrons. The molecule has 2 heterocycles. The number of piperidine rings is 2. The molecule has 0 aromatic rings. The van der Waals surface area contributed by atoms with Crippen molar-refractivity contribution in [2.75, 3.05) is 13.1 Å². The van der Waals surface area contributed by atoms with Crippen molar-refractivity contribution in [2.45, 2.75) is 51.7 Å². The van der Waals surface area contributed by atoms with Crippen LogP contribution in [0, 0.1) is 11.8 Å². The summed E-state index contributed by atoms with van der Waals surface area (Å²) < 4.78 is 5.47. The Labute approximate surface area is 103 Å². The lowest BCUT2D eigenvalue weighted by molar-refractivity contribution is -0.0300. The van der Waals surface area contributed by atoms with Gasteiger partial charge in [0.05, 0.1) is 0 Å². The van der Waals surface area contributed by atoms with Crippen LogP contribution < -0.4 is 5.73 Å². The standard InChI is InChI=1S/C13H24N2O2/c1-13(2,3)17-12(16)15-8-9-4-5-11(15)10(6-9)7-14/h9-11H,4-8,14H2,1-3H3/t9-,10-,11-/m0/s1. The number of carbonyl (C=O) groups is 1. The van der Waals surface area contributed by atoms with Gasteiger partial charge in [-0.1, -0.05) is 0 Å². The van der Waals surface area contributed by atoms with Crippen molar-refractivity contribution in [3.05, 3.63) is 0 Å². The summed E-state index contributed by atoms with van der Waals surface area (Å²) in [6, 6.07) is 0.305. The van der Waals surface area contributed by atoms with Gasteiger partial charge in [0.25, 0.3) is 0 Å². The summed E-state index contributed by atoms with van der Waals surface area (Å²) in [6.07, 6.45) is 3.34. The fourth-order valence-corrected chi connectivity index (χ4v) is 3.12. The van der Waals surface area contributed by atoms with Crippen LogP contribution in [0.5, 0.6) is 0 Å². The van der Waals surface area contributed by atoms with E-state index in [4.69, 9.17) is 10.5 Å². The second-order valence-corrected chi connectivity index (χ2v) is 6.37. The van der Waals surface area contributed by atoms with Gasteiger partial charge in [0, 0.05) is 12.6 Å². The van der Waals surface area contributed by atoms with E-state index in [9.17, 15) is 4.79 Å². The van der Waals surface area contributed by atoms with Gasteiger partial charge in [0.2, 0.25) is 0 Å². The first-order valence-electron chi connectivity index (χ1n) is 6.60. The molecule has 0 aromatic carbocycles. The van der Waals surface area contributed by atoms with Crippen LogP contribution in [-0.4, -0.2) is 35.7 Å². The van der Waals surface area contributed by atoms with E-state index in [1.807, 2.05) is 25.7 Å². The Balaban J connectivity index is 2.04. The predicted molar refractivity (Wildman–Crippen MR) is 66.6 cm³/mol. The highest BCUT2D eigenvalue weighted by Crippen LogP contribution is 2.39. The van der Waals surface area contributed by atoms with Gasteiger partial charge in [-0.15, -0.1) is 0 Å². The molecule has 98 valence electrons. The van der Waals surface area contributed by atoms with E-state index in [-0.39, 0.29) is 6.09 Å². The molecule has 3 rings (SSSR count). The Bertz CT molecular complexity index is 298. The summed E-state index contributed by atoms with van der Waals surface area (Å²) in [7, 11) is 0. The smallest absolute Gasteiger partial charge is 0.410 e. The number of carbonyl (C=O) groups excluding carboxylic acids is 1. The van der Waals surface area contributed by atoms with Crippen molar-refractivity contribution in [1.82, 2.24) is 4.90 Å². The predicted octanol–water partition coefficient (Wildman–Crippen LogP) is 1.98. The molecule has 3 fully saturated rings. The van der Waals surface area contributed by atoms with Crippen LogP contribution in [0.4, 0.5) is 4.79 Å². The molecule has 0 unspecified atom stereocenters. The first kappa shape index (κ1) is 12.7. The third kappa shape index (κ3) is 2.73. The van der Waals surface area contributed by atoms with Gasteiger partial charge in [-0.2, -0.15) is 0 Å². The Hall–Kier alpha value is -0.770. The molecule has 3 aliphatic rings. The highest BCUT2D eigenvalue weighted by molar-refractivity contribution is 5.69. The SMILES string of the molecule is CC(C)(C)OC(=O)N1C[C@H]2CC[C@H]1[C@H](CN)C2. The van der Waals surface area contributed by atoms with Crippen molar-refractivity contribution in [2.24, 2.45) is 17.6 Å². The minimum Gasteiger partial charge on any atom is -0.444 e. The number of amides is 1. The average Bonchev–Trinajstić information content (AvgIpc) is 2.27. The van der Waals surface area contributed by atoms with Crippen LogP contribution in [-0.2, 0) is 4.74 Å². The highest BCUT2D eigenvalue weighted by Gasteiger charge is 2.43. The van der Waals surface area contributed by atoms with E-state index < -0.39 is 5.60 Å². The molecule has 2 N–H and O–H groups in total. The second kappa shape index (κ2) is 4.48. The second-order valence-electron chi connectivity index (χ2n) is 6.37. The zero-order valence-electron chi connectivity index (χ0n) is 11.1. The van der Waals surface area contributed by atoms with Gasteiger partial charge >= 0.3 is 6.09 Å². The maximum atomic E-state index is 12.1. The van der Waals surface area contributed by atoms with Crippen molar-refractivity contribution < 1.29 is 9.53 Å². The molecule has 1 amide bonds. The quantitative estimate of drug-likeness (QED) is 0.762. The minimum atomic E-state index is -0.411. The van der Waals surface area contributed by atoms with Crippen LogP contribution in [0.15, 0.2) is 0 Å². The van der Waals surface area contributed by atoms with Gasteiger partial charge in [-0.05, 0) is 58.4 Å². The zero-order chi connectivity index (χ0) is 12.6. The Morgan fingerprint density at radius 1 is 1.41 bits per heavy atom. The van der Waals surface area contributed by atoms with Gasteiger partial charge in [-0.3, -0.25) is 0 Å². The van der Waals surface area contributed by atoms with Crippen molar-refractivity contribution in [1.29, 1.82) is 0 Å². The Morgan fingerprint density at radius 2 is 2.12 bits per heavy atom. The molecule has 4 heteroatoms. The molecule has 1 aliphatic carbocycles. The lowest BCUT2D eigenvalue weighted by Gasteiger charge is -2.49. The highest BCUT2D eigenvalue weighted by atomic mass is 16.6. The Kier molecular flexibility index (Phi) is 3.34. The fourth-order valence-electron chi connectivity index (χ4n) is 3.12. The summed E-state index contributed by atoms with van der Waals surface area (Å²) in [6.45, 7) is 7.27. The van der Waals surface area contributed by atoms with E-state index in [0.717, 1.165) is 13.0 Å². The van der Waals surface area contributed by atoms with E-state index in [2.05, 4.69) is 0 Å². The maximum Gasteiger partial charge on any atom is 0.410 e. The zero-order valence-corrected chi connectivity index (χ0v) is 11.1. The van der Waals surface area contributed by atoms with Gasteiger partial charge in [-0.25, -0.2) is 4.79 Å². The number of nitrogens with two attached hydrogens (primary N) is 1. The third-order valence-electron chi connectivity index (χ3n) is 3.84. The summed E-state index contributed by atoms with van der Waals surface area (Å²) in [5, 5.41) is 0. The number of rotatable bonds is 1. The molecule has 4 nitrogen and oxygen atoms in total.